The topological polar surface area (TPSA) is 49.0 Å². The fraction of sp³-hybridized carbons (Fsp3) is 0.176. The summed E-state index contributed by atoms with van der Waals surface area (Å²) >= 11 is 0. The van der Waals surface area contributed by atoms with Crippen molar-refractivity contribution in [3.05, 3.63) is 65.9 Å². The van der Waals surface area contributed by atoms with Gasteiger partial charge in [-0.25, -0.2) is 0 Å². The van der Waals surface area contributed by atoms with Crippen LogP contribution in [0.4, 0.5) is 0 Å². The Morgan fingerprint density at radius 1 is 1.10 bits per heavy atom. The number of rotatable bonds is 3. The molecule has 4 nitrogen and oxygen atoms in total. The third kappa shape index (κ3) is 2.40. The molecule has 1 amide bonds. The zero-order chi connectivity index (χ0) is 14.8. The minimum absolute atomic E-state index is 0.00541. The van der Waals surface area contributed by atoms with Crippen molar-refractivity contribution in [1.29, 1.82) is 0 Å². The van der Waals surface area contributed by atoms with E-state index in [2.05, 4.69) is 10.2 Å². The van der Waals surface area contributed by atoms with Crippen molar-refractivity contribution in [3.63, 3.8) is 0 Å². The highest BCUT2D eigenvalue weighted by Crippen LogP contribution is 2.22. The molecule has 1 atom stereocenters. The SMILES string of the molecule is CC(c1ccccc1)N(C)C(=O)c1n[nH]c2ccccc12. The van der Waals surface area contributed by atoms with Crippen molar-refractivity contribution in [1.82, 2.24) is 15.1 Å². The van der Waals surface area contributed by atoms with Crippen molar-refractivity contribution < 1.29 is 4.79 Å². The van der Waals surface area contributed by atoms with Crippen LogP contribution in [0.1, 0.15) is 29.0 Å². The summed E-state index contributed by atoms with van der Waals surface area (Å²) in [4.78, 5) is 14.4. The van der Waals surface area contributed by atoms with Crippen LogP contribution in [0.2, 0.25) is 0 Å². The van der Waals surface area contributed by atoms with E-state index in [9.17, 15) is 4.79 Å². The van der Waals surface area contributed by atoms with E-state index in [1.807, 2.05) is 68.6 Å². The minimum atomic E-state index is -0.0798. The molecule has 3 rings (SSSR count). The maximum atomic E-state index is 12.7. The Kier molecular flexibility index (Phi) is 3.44. The molecule has 0 aliphatic rings. The second-order valence-corrected chi connectivity index (χ2v) is 5.12. The highest BCUT2D eigenvalue weighted by atomic mass is 16.2. The lowest BCUT2D eigenvalue weighted by atomic mass is 10.1. The zero-order valence-corrected chi connectivity index (χ0v) is 12.1. The molecular weight excluding hydrogens is 262 g/mol. The van der Waals surface area contributed by atoms with Crippen LogP contribution in [0.25, 0.3) is 10.9 Å². The van der Waals surface area contributed by atoms with Crippen molar-refractivity contribution in [3.8, 4) is 0 Å². The molecule has 0 aliphatic carbocycles. The van der Waals surface area contributed by atoms with Gasteiger partial charge in [0, 0.05) is 12.4 Å². The molecule has 1 N–H and O–H groups in total. The number of hydrogen-bond donors (Lipinski definition) is 1. The first-order valence-corrected chi connectivity index (χ1v) is 6.93. The zero-order valence-electron chi connectivity index (χ0n) is 12.1. The first-order valence-electron chi connectivity index (χ1n) is 6.93. The number of benzene rings is 2. The summed E-state index contributed by atoms with van der Waals surface area (Å²) in [6.07, 6.45) is 0. The Labute approximate surface area is 123 Å². The van der Waals surface area contributed by atoms with Crippen LogP contribution in [0.15, 0.2) is 54.6 Å². The summed E-state index contributed by atoms with van der Waals surface area (Å²) in [5.74, 6) is -0.0798. The molecule has 106 valence electrons. The van der Waals surface area contributed by atoms with Crippen LogP contribution in [-0.4, -0.2) is 28.1 Å². The number of para-hydroxylation sites is 1. The normalized spacial score (nSPS) is 12.3. The van der Waals surface area contributed by atoms with E-state index >= 15 is 0 Å². The van der Waals surface area contributed by atoms with Gasteiger partial charge in [0.1, 0.15) is 0 Å². The maximum absolute atomic E-state index is 12.7. The lowest BCUT2D eigenvalue weighted by molar-refractivity contribution is 0.0738. The lowest BCUT2D eigenvalue weighted by Crippen LogP contribution is -2.30. The van der Waals surface area contributed by atoms with Crippen LogP contribution in [0, 0.1) is 0 Å². The van der Waals surface area contributed by atoms with Crippen molar-refractivity contribution in [2.45, 2.75) is 13.0 Å². The number of hydrogen-bond acceptors (Lipinski definition) is 2. The van der Waals surface area contributed by atoms with Gasteiger partial charge in [-0.1, -0.05) is 48.5 Å². The smallest absolute Gasteiger partial charge is 0.275 e. The summed E-state index contributed by atoms with van der Waals surface area (Å²) in [6, 6.07) is 17.6. The van der Waals surface area contributed by atoms with E-state index in [4.69, 9.17) is 0 Å². The lowest BCUT2D eigenvalue weighted by Gasteiger charge is -2.24. The monoisotopic (exact) mass is 279 g/mol. The van der Waals surface area contributed by atoms with E-state index in [-0.39, 0.29) is 11.9 Å². The molecule has 1 heterocycles. The molecule has 3 aromatic rings. The molecule has 0 aliphatic heterocycles. The first kappa shape index (κ1) is 13.4. The number of carbonyl (C=O) groups excluding carboxylic acids is 1. The van der Waals surface area contributed by atoms with Crippen molar-refractivity contribution in [2.24, 2.45) is 0 Å². The summed E-state index contributed by atoms with van der Waals surface area (Å²) < 4.78 is 0. The van der Waals surface area contributed by atoms with Gasteiger partial charge in [0.25, 0.3) is 5.91 Å². The van der Waals surface area contributed by atoms with Crippen LogP contribution >= 0.6 is 0 Å². The van der Waals surface area contributed by atoms with Gasteiger partial charge in [0.05, 0.1) is 11.6 Å². The molecular formula is C17H17N3O. The highest BCUT2D eigenvalue weighted by molar-refractivity contribution is 6.04. The maximum Gasteiger partial charge on any atom is 0.275 e. The van der Waals surface area contributed by atoms with Gasteiger partial charge < -0.3 is 4.90 Å². The van der Waals surface area contributed by atoms with Gasteiger partial charge in [0.2, 0.25) is 0 Å². The van der Waals surface area contributed by atoms with Crippen LogP contribution in [0.5, 0.6) is 0 Å². The van der Waals surface area contributed by atoms with E-state index in [0.29, 0.717) is 5.69 Å². The fourth-order valence-corrected chi connectivity index (χ4v) is 2.42. The third-order valence-corrected chi connectivity index (χ3v) is 3.86. The average Bonchev–Trinajstić information content (AvgIpc) is 2.97. The van der Waals surface area contributed by atoms with Crippen LogP contribution in [0.3, 0.4) is 0 Å². The Bertz CT molecular complexity index is 764. The molecule has 0 radical (unpaired) electrons. The fourth-order valence-electron chi connectivity index (χ4n) is 2.42. The van der Waals surface area contributed by atoms with Gasteiger partial charge in [-0.15, -0.1) is 0 Å². The molecule has 0 bridgehead atoms. The standard InChI is InChI=1S/C17H17N3O/c1-12(13-8-4-3-5-9-13)20(2)17(21)16-14-10-6-7-11-15(14)18-19-16/h3-12H,1-2H3,(H,18,19). The number of amides is 1. The Balaban J connectivity index is 1.91. The predicted octanol–water partition coefficient (Wildman–Crippen LogP) is 3.40. The van der Waals surface area contributed by atoms with Crippen molar-refractivity contribution in [2.75, 3.05) is 7.05 Å². The molecule has 1 unspecified atom stereocenters. The summed E-state index contributed by atoms with van der Waals surface area (Å²) in [7, 11) is 1.81. The van der Waals surface area contributed by atoms with Crippen molar-refractivity contribution >= 4 is 16.8 Å². The van der Waals surface area contributed by atoms with Crippen LogP contribution < -0.4 is 0 Å². The summed E-state index contributed by atoms with van der Waals surface area (Å²) in [5, 5.41) is 7.94. The number of fused-ring (bicyclic) bond motifs is 1. The predicted molar refractivity (Wildman–Crippen MR) is 83.0 cm³/mol. The van der Waals surface area contributed by atoms with E-state index in [0.717, 1.165) is 16.5 Å². The minimum Gasteiger partial charge on any atom is -0.334 e. The molecule has 0 saturated carbocycles. The number of H-pyrrole nitrogens is 1. The number of aromatic nitrogens is 2. The highest BCUT2D eigenvalue weighted by Gasteiger charge is 2.22. The Morgan fingerprint density at radius 2 is 1.76 bits per heavy atom. The van der Waals surface area contributed by atoms with Gasteiger partial charge in [0.15, 0.2) is 5.69 Å². The average molecular weight is 279 g/mol. The van der Waals surface area contributed by atoms with E-state index in [1.165, 1.54) is 0 Å². The molecule has 0 saturated heterocycles. The summed E-state index contributed by atoms with van der Waals surface area (Å²) in [5.41, 5.74) is 2.45. The number of aromatic amines is 1. The second kappa shape index (κ2) is 5.40. The first-order chi connectivity index (χ1) is 10.2. The molecule has 4 heteroatoms. The van der Waals surface area contributed by atoms with E-state index in [1.54, 1.807) is 4.90 Å². The van der Waals surface area contributed by atoms with Crippen LogP contribution in [-0.2, 0) is 0 Å². The van der Waals surface area contributed by atoms with Gasteiger partial charge >= 0.3 is 0 Å². The molecule has 2 aromatic carbocycles. The molecule has 21 heavy (non-hydrogen) atoms. The number of nitrogens with zero attached hydrogens (tertiary/aromatic N) is 2. The summed E-state index contributed by atoms with van der Waals surface area (Å²) in [6.45, 7) is 2.02. The molecule has 0 fully saturated rings. The number of carbonyl (C=O) groups is 1. The Hall–Kier alpha value is -2.62. The Morgan fingerprint density at radius 3 is 2.52 bits per heavy atom. The van der Waals surface area contributed by atoms with Gasteiger partial charge in [-0.2, -0.15) is 5.10 Å². The quantitative estimate of drug-likeness (QED) is 0.799. The largest absolute Gasteiger partial charge is 0.334 e. The van der Waals surface area contributed by atoms with Gasteiger partial charge in [-0.3, -0.25) is 9.89 Å². The van der Waals surface area contributed by atoms with E-state index < -0.39 is 0 Å². The second-order valence-electron chi connectivity index (χ2n) is 5.12. The number of nitrogens with one attached hydrogen (secondary N) is 1. The third-order valence-electron chi connectivity index (χ3n) is 3.86. The van der Waals surface area contributed by atoms with Gasteiger partial charge in [-0.05, 0) is 18.6 Å². The molecule has 1 aromatic heterocycles. The molecule has 0 spiro atoms.